The van der Waals surface area contributed by atoms with Crippen LogP contribution in [0, 0.1) is 0 Å². The van der Waals surface area contributed by atoms with Gasteiger partial charge in [-0.05, 0) is 0 Å². The average molecular weight is 321 g/mol. The Balaban J connectivity index is -0.000000218. The first kappa shape index (κ1) is 23.2. The molecule has 0 aliphatic heterocycles. The molecule has 0 bridgehead atoms. The van der Waals surface area contributed by atoms with E-state index in [0.29, 0.717) is 0 Å². The maximum absolute atomic E-state index is 10.1. The first-order valence-electron chi connectivity index (χ1n) is 3.96. The summed E-state index contributed by atoms with van der Waals surface area (Å²) in [5.41, 5.74) is 0. The Labute approximate surface area is 128 Å². The Morgan fingerprint density at radius 1 is 1.00 bits per heavy atom. The third kappa shape index (κ3) is 31.6. The minimum atomic E-state index is -4.06. The van der Waals surface area contributed by atoms with Crippen LogP contribution in [0.25, 0.3) is 0 Å². The molecule has 0 aromatic carbocycles. The summed E-state index contributed by atoms with van der Waals surface area (Å²) in [5, 5.41) is 0. The molecule has 0 saturated heterocycles. The summed E-state index contributed by atoms with van der Waals surface area (Å²) in [7, 11) is 0.161. The summed E-state index contributed by atoms with van der Waals surface area (Å²) in [6.45, 7) is 0.137. The number of halogens is 1. The van der Waals surface area contributed by atoms with Crippen molar-refractivity contribution in [2.45, 2.75) is 0 Å². The molecule has 0 aromatic rings. The van der Waals surface area contributed by atoms with Crippen LogP contribution in [-0.4, -0.2) is 60.3 Å². The van der Waals surface area contributed by atoms with Gasteiger partial charge in [-0.3, -0.25) is 0 Å². The molecule has 7 nitrogen and oxygen atoms in total. The smallest absolute Gasteiger partial charge is 0.748 e. The largest absolute Gasteiger partial charge is 1.00 e. The van der Waals surface area contributed by atoms with Gasteiger partial charge in [0.1, 0.15) is 0 Å². The van der Waals surface area contributed by atoms with Crippen molar-refractivity contribution in [1.82, 2.24) is 0 Å². The molecule has 0 spiro atoms. The van der Waals surface area contributed by atoms with Gasteiger partial charge in [0.2, 0.25) is 9.05 Å². The first-order chi connectivity index (χ1) is 7.12. The minimum Gasteiger partial charge on any atom is -0.748 e. The fourth-order valence-electron chi connectivity index (χ4n) is 0.368. The second-order valence-electron chi connectivity index (χ2n) is 2.49. The fraction of sp³-hybridized carbons (Fsp3) is 1.00. The molecular weight excluding hydrogens is 307 g/mol. The molecule has 0 radical (unpaired) electrons. The predicted octanol–water partition coefficient (Wildman–Crippen LogP) is -3.62. The van der Waals surface area contributed by atoms with E-state index in [1.165, 1.54) is 14.2 Å². The molecule has 0 atom stereocenters. The van der Waals surface area contributed by atoms with Crippen LogP contribution in [0.15, 0.2) is 0 Å². The molecule has 17 heavy (non-hydrogen) atoms. The Kier molecular flexibility index (Phi) is 16.5. The van der Waals surface area contributed by atoms with Gasteiger partial charge in [-0.2, -0.15) is 0 Å². The quantitative estimate of drug-likeness (QED) is 0.282. The Bertz CT molecular complexity index is 317. The van der Waals surface area contributed by atoms with Crippen molar-refractivity contribution in [3.8, 4) is 0 Å². The molecule has 0 N–H and O–H groups in total. The van der Waals surface area contributed by atoms with E-state index in [4.69, 9.17) is 10.7 Å². The molecule has 0 amide bonds. The molecule has 0 fully saturated rings. The molecule has 0 saturated carbocycles. The number of rotatable bonds is 6. The van der Waals surface area contributed by atoms with Crippen molar-refractivity contribution in [2.75, 3.05) is 38.9 Å². The van der Waals surface area contributed by atoms with Gasteiger partial charge >= 0.3 is 29.6 Å². The van der Waals surface area contributed by atoms with Crippen LogP contribution in [0.4, 0.5) is 0 Å². The van der Waals surface area contributed by atoms with Gasteiger partial charge in [-0.15, -0.1) is 0 Å². The van der Waals surface area contributed by atoms with E-state index in [-0.39, 0.29) is 48.5 Å². The van der Waals surface area contributed by atoms with E-state index in [1.807, 2.05) is 0 Å². The maximum Gasteiger partial charge on any atom is 1.00 e. The Morgan fingerprint density at radius 2 is 1.35 bits per heavy atom. The molecule has 0 rings (SSSR count). The number of methoxy groups -OCH3 is 2. The second-order valence-corrected chi connectivity index (χ2v) is 6.91. The van der Waals surface area contributed by atoms with Crippen LogP contribution >= 0.6 is 10.7 Å². The molecule has 0 aliphatic rings. The molecular formula is C6H14ClNaO7S2. The van der Waals surface area contributed by atoms with Crippen molar-refractivity contribution in [3.05, 3.63) is 0 Å². The van der Waals surface area contributed by atoms with Gasteiger partial charge in [0.15, 0.2) is 0 Å². The van der Waals surface area contributed by atoms with Crippen molar-refractivity contribution in [1.29, 1.82) is 0 Å². The molecule has 0 heterocycles. The van der Waals surface area contributed by atoms with E-state index in [1.54, 1.807) is 0 Å². The summed E-state index contributed by atoms with van der Waals surface area (Å²) in [6.07, 6.45) is 0. The van der Waals surface area contributed by atoms with Crippen LogP contribution in [0.1, 0.15) is 0 Å². The van der Waals surface area contributed by atoms with Crippen LogP contribution < -0.4 is 29.6 Å². The second kappa shape index (κ2) is 12.1. The van der Waals surface area contributed by atoms with E-state index in [9.17, 15) is 21.4 Å². The van der Waals surface area contributed by atoms with E-state index in [2.05, 4.69) is 9.47 Å². The number of hydrogen-bond donors (Lipinski definition) is 0. The van der Waals surface area contributed by atoms with Crippen molar-refractivity contribution in [3.63, 3.8) is 0 Å². The van der Waals surface area contributed by atoms with E-state index >= 15 is 0 Å². The molecule has 11 heteroatoms. The van der Waals surface area contributed by atoms with Crippen LogP contribution in [0.3, 0.4) is 0 Å². The van der Waals surface area contributed by atoms with Crippen LogP contribution in [-0.2, 0) is 28.6 Å². The normalized spacial score (nSPS) is 11.1. The van der Waals surface area contributed by atoms with Crippen LogP contribution in [0.2, 0.25) is 0 Å². The predicted molar refractivity (Wildman–Crippen MR) is 58.0 cm³/mol. The molecule has 0 unspecified atom stereocenters. The molecule has 0 aromatic heterocycles. The zero-order valence-corrected chi connectivity index (χ0v) is 14.3. The average Bonchev–Trinajstić information content (AvgIpc) is 2.10. The summed E-state index contributed by atoms with van der Waals surface area (Å²) in [6, 6.07) is 0. The Morgan fingerprint density at radius 3 is 1.47 bits per heavy atom. The molecule has 0 aliphatic carbocycles. The van der Waals surface area contributed by atoms with E-state index in [0.717, 1.165) is 0 Å². The fourth-order valence-corrected chi connectivity index (χ4v) is 1.29. The van der Waals surface area contributed by atoms with Crippen molar-refractivity contribution < 1.29 is 60.4 Å². The van der Waals surface area contributed by atoms with Gasteiger partial charge in [-0.25, -0.2) is 16.8 Å². The first-order valence-corrected chi connectivity index (χ1v) is 8.01. The topological polar surface area (TPSA) is 110 Å². The summed E-state index contributed by atoms with van der Waals surface area (Å²) in [5.74, 6) is -0.561. The summed E-state index contributed by atoms with van der Waals surface area (Å²) in [4.78, 5) is 0. The zero-order valence-electron chi connectivity index (χ0n) is 9.88. The third-order valence-electron chi connectivity index (χ3n) is 1.07. The Hall–Kier alpha value is 1.07. The monoisotopic (exact) mass is 320 g/mol. The van der Waals surface area contributed by atoms with Gasteiger partial charge in [-0.1, -0.05) is 0 Å². The number of hydrogen-bond acceptors (Lipinski definition) is 7. The SMILES string of the molecule is COCCS(=O)(=O)Cl.COCCS(=O)(=O)[O-].[Na+]. The van der Waals surface area contributed by atoms with Gasteiger partial charge in [0.05, 0.1) is 34.8 Å². The van der Waals surface area contributed by atoms with Crippen molar-refractivity contribution >= 4 is 29.9 Å². The molecule has 100 valence electrons. The minimum absolute atomic E-state index is 0. The van der Waals surface area contributed by atoms with Gasteiger partial charge in [0, 0.05) is 24.9 Å². The van der Waals surface area contributed by atoms with E-state index < -0.39 is 24.9 Å². The van der Waals surface area contributed by atoms with Gasteiger partial charge in [0.25, 0.3) is 0 Å². The van der Waals surface area contributed by atoms with Crippen LogP contribution in [0.5, 0.6) is 0 Å². The standard InChI is InChI=1S/C3H7ClO3S.C3H8O4S.Na/c2*1-7-2-3-8(4,5)6;/h2-3H2,1H3;2-3H2,1H3,(H,4,5,6);/q;;+1/p-1. The number of ether oxygens (including phenoxy) is 2. The zero-order chi connectivity index (χ0) is 13.2. The maximum atomic E-state index is 10.1. The van der Waals surface area contributed by atoms with Gasteiger partial charge < -0.3 is 14.0 Å². The summed E-state index contributed by atoms with van der Waals surface area (Å²) < 4.78 is 58.2. The van der Waals surface area contributed by atoms with Crippen molar-refractivity contribution in [2.24, 2.45) is 0 Å². The summed E-state index contributed by atoms with van der Waals surface area (Å²) >= 11 is 0. The third-order valence-corrected chi connectivity index (χ3v) is 2.85.